The summed E-state index contributed by atoms with van der Waals surface area (Å²) in [6.45, 7) is 2.10. The van der Waals surface area contributed by atoms with Crippen LogP contribution in [0.15, 0.2) is 50.2 Å². The second kappa shape index (κ2) is 7.42. The Balaban J connectivity index is 1.69. The smallest absolute Gasteiger partial charge is 0.295 e. The Kier molecular flexibility index (Phi) is 4.72. The standard InChI is InChI=1S/C19H19F2N7O2/c20-16(21)18-23-13-3-1-2-11(15(13)24-18)14-12-10-22-27-17(12)26-19(25-14,4-7-29)28-5-8-30-9-6-28/h1-3,10,16,29H,4-9H2,(H,23,24). The molecule has 0 spiro atoms. The van der Waals surface area contributed by atoms with E-state index in [2.05, 4.69) is 20.2 Å². The number of imidazole rings is 1. The number of hydrogen-bond acceptors (Lipinski definition) is 8. The Morgan fingerprint density at radius 3 is 2.83 bits per heavy atom. The summed E-state index contributed by atoms with van der Waals surface area (Å²) < 4.78 is 31.9. The number of ether oxygens (including phenoxy) is 1. The molecule has 5 rings (SSSR count). The third-order valence-electron chi connectivity index (χ3n) is 5.37. The van der Waals surface area contributed by atoms with E-state index in [1.807, 2.05) is 4.90 Å². The van der Waals surface area contributed by atoms with E-state index in [0.29, 0.717) is 60.0 Å². The molecule has 3 aliphatic heterocycles. The van der Waals surface area contributed by atoms with Crippen molar-refractivity contribution in [3.8, 4) is 0 Å². The Hall–Kier alpha value is -2.89. The van der Waals surface area contributed by atoms with E-state index in [1.165, 1.54) is 0 Å². The van der Waals surface area contributed by atoms with Crippen molar-refractivity contribution in [3.63, 3.8) is 0 Å². The van der Waals surface area contributed by atoms with Crippen LogP contribution in [-0.4, -0.2) is 70.2 Å². The summed E-state index contributed by atoms with van der Waals surface area (Å²) in [5.41, 5.74) is 2.58. The summed E-state index contributed by atoms with van der Waals surface area (Å²) in [7, 11) is 0. The van der Waals surface area contributed by atoms with Crippen LogP contribution in [-0.2, 0) is 4.74 Å². The zero-order valence-electron chi connectivity index (χ0n) is 15.9. The molecule has 1 aromatic heterocycles. The van der Waals surface area contributed by atoms with Crippen LogP contribution in [0.2, 0.25) is 0 Å². The van der Waals surface area contributed by atoms with Gasteiger partial charge < -0.3 is 14.8 Å². The van der Waals surface area contributed by atoms with Crippen LogP contribution in [0.25, 0.3) is 11.0 Å². The number of nitrogens with zero attached hydrogens (tertiary/aromatic N) is 6. The van der Waals surface area contributed by atoms with Crippen molar-refractivity contribution in [1.82, 2.24) is 14.9 Å². The van der Waals surface area contributed by atoms with Crippen molar-refractivity contribution in [2.75, 3.05) is 32.9 Å². The van der Waals surface area contributed by atoms with Gasteiger partial charge in [-0.2, -0.15) is 5.11 Å². The molecule has 0 bridgehead atoms. The van der Waals surface area contributed by atoms with Crippen molar-refractivity contribution >= 4 is 22.6 Å². The van der Waals surface area contributed by atoms with Gasteiger partial charge in [0.1, 0.15) is 0 Å². The maximum Gasteiger partial charge on any atom is 0.295 e. The van der Waals surface area contributed by atoms with Crippen molar-refractivity contribution in [1.29, 1.82) is 0 Å². The van der Waals surface area contributed by atoms with E-state index in [1.54, 1.807) is 24.4 Å². The predicted molar refractivity (Wildman–Crippen MR) is 105 cm³/mol. The third kappa shape index (κ3) is 3.06. The Morgan fingerprint density at radius 1 is 1.23 bits per heavy atom. The van der Waals surface area contributed by atoms with Gasteiger partial charge in [0.2, 0.25) is 5.79 Å². The molecule has 0 saturated carbocycles. The summed E-state index contributed by atoms with van der Waals surface area (Å²) in [6, 6.07) is 5.23. The number of aliphatic imine (C=N–C) groups is 2. The van der Waals surface area contributed by atoms with Crippen LogP contribution in [0, 0.1) is 0 Å². The normalized spacial score (nSPS) is 24.2. The van der Waals surface area contributed by atoms with Crippen molar-refractivity contribution in [3.05, 3.63) is 41.4 Å². The molecule has 1 aromatic carbocycles. The number of para-hydroxylation sites is 1. The molecule has 4 heterocycles. The van der Waals surface area contributed by atoms with Crippen LogP contribution >= 0.6 is 0 Å². The van der Waals surface area contributed by atoms with E-state index >= 15 is 0 Å². The number of fused-ring (bicyclic) bond motifs is 2. The number of azo groups is 1. The van der Waals surface area contributed by atoms with Crippen LogP contribution in [0.1, 0.15) is 24.2 Å². The SMILES string of the molecule is OCCC1(N2CCOCC2)N=C2N=NC=C2C(c2cccc3[nH]c(C(F)F)nc23)=N1. The summed E-state index contributed by atoms with van der Waals surface area (Å²) in [6.07, 6.45) is -0.908. The van der Waals surface area contributed by atoms with Gasteiger partial charge in [0, 0.05) is 31.7 Å². The molecule has 1 atom stereocenters. The molecule has 0 aliphatic carbocycles. The van der Waals surface area contributed by atoms with Crippen LogP contribution < -0.4 is 0 Å². The number of aliphatic hydroxyl groups is 1. The Morgan fingerprint density at radius 2 is 2.07 bits per heavy atom. The number of halogens is 2. The number of nitrogens with one attached hydrogen (secondary N) is 1. The monoisotopic (exact) mass is 415 g/mol. The molecule has 2 N–H and O–H groups in total. The second-order valence-electron chi connectivity index (χ2n) is 7.13. The van der Waals surface area contributed by atoms with Gasteiger partial charge >= 0.3 is 0 Å². The first kappa shape index (κ1) is 19.1. The van der Waals surface area contributed by atoms with E-state index in [0.717, 1.165) is 0 Å². The molecule has 0 amide bonds. The molecule has 30 heavy (non-hydrogen) atoms. The topological polar surface area (TPSA) is 111 Å². The van der Waals surface area contributed by atoms with Crippen LogP contribution in [0.5, 0.6) is 0 Å². The summed E-state index contributed by atoms with van der Waals surface area (Å²) >= 11 is 0. The molecule has 0 radical (unpaired) electrons. The number of H-pyrrole nitrogens is 1. The highest BCUT2D eigenvalue weighted by atomic mass is 19.3. The highest BCUT2D eigenvalue weighted by Crippen LogP contribution is 2.35. The molecular weight excluding hydrogens is 396 g/mol. The fourth-order valence-corrected chi connectivity index (χ4v) is 3.97. The summed E-state index contributed by atoms with van der Waals surface area (Å²) in [4.78, 5) is 18.5. The Bertz CT molecular complexity index is 1100. The van der Waals surface area contributed by atoms with Gasteiger partial charge in [0.15, 0.2) is 11.7 Å². The first-order chi connectivity index (χ1) is 14.6. The number of aromatic amines is 1. The molecule has 3 aliphatic rings. The maximum atomic E-state index is 13.2. The summed E-state index contributed by atoms with van der Waals surface area (Å²) in [5, 5.41) is 17.9. The molecule has 1 unspecified atom stereocenters. The van der Waals surface area contributed by atoms with E-state index in [-0.39, 0.29) is 13.0 Å². The van der Waals surface area contributed by atoms with Gasteiger partial charge in [0.25, 0.3) is 6.43 Å². The third-order valence-corrected chi connectivity index (χ3v) is 5.37. The van der Waals surface area contributed by atoms with E-state index in [4.69, 9.17) is 14.7 Å². The highest BCUT2D eigenvalue weighted by Gasteiger charge is 2.42. The lowest BCUT2D eigenvalue weighted by Crippen LogP contribution is -2.54. The average molecular weight is 415 g/mol. The Labute approximate surface area is 169 Å². The molecule has 1 fully saturated rings. The highest BCUT2D eigenvalue weighted by molar-refractivity contribution is 6.33. The first-order valence-electron chi connectivity index (χ1n) is 9.63. The largest absolute Gasteiger partial charge is 0.396 e. The average Bonchev–Trinajstić information content (AvgIpc) is 3.41. The predicted octanol–water partition coefficient (Wildman–Crippen LogP) is 2.42. The number of aromatic nitrogens is 2. The first-order valence-corrected chi connectivity index (χ1v) is 9.63. The lowest BCUT2D eigenvalue weighted by Gasteiger charge is -2.41. The zero-order valence-corrected chi connectivity index (χ0v) is 15.9. The zero-order chi connectivity index (χ0) is 20.7. The minimum Gasteiger partial charge on any atom is -0.396 e. The molecule has 2 aromatic rings. The van der Waals surface area contributed by atoms with Gasteiger partial charge in [-0.05, 0) is 6.07 Å². The minimum absolute atomic E-state index is 0.136. The van der Waals surface area contributed by atoms with Crippen molar-refractivity contribution in [2.24, 2.45) is 20.2 Å². The van der Waals surface area contributed by atoms with Gasteiger partial charge in [-0.1, -0.05) is 12.1 Å². The second-order valence-corrected chi connectivity index (χ2v) is 7.13. The fraction of sp³-hybridized carbons (Fsp3) is 0.421. The lowest BCUT2D eigenvalue weighted by atomic mass is 9.98. The maximum absolute atomic E-state index is 13.2. The van der Waals surface area contributed by atoms with Gasteiger partial charge in [0.05, 0.1) is 41.7 Å². The number of alkyl halides is 2. The van der Waals surface area contributed by atoms with Gasteiger partial charge in [-0.25, -0.2) is 23.7 Å². The number of amidine groups is 1. The quantitative estimate of drug-likeness (QED) is 0.781. The van der Waals surface area contributed by atoms with E-state index in [9.17, 15) is 13.9 Å². The van der Waals surface area contributed by atoms with Gasteiger partial charge in [-0.15, -0.1) is 5.11 Å². The van der Waals surface area contributed by atoms with Crippen LogP contribution in [0.3, 0.4) is 0 Å². The molecule has 9 nitrogen and oxygen atoms in total. The van der Waals surface area contributed by atoms with Crippen LogP contribution in [0.4, 0.5) is 8.78 Å². The van der Waals surface area contributed by atoms with Crippen molar-refractivity contribution in [2.45, 2.75) is 18.6 Å². The number of hydrogen-bond donors (Lipinski definition) is 2. The molecule has 156 valence electrons. The number of benzene rings is 1. The minimum atomic E-state index is -2.71. The summed E-state index contributed by atoms with van der Waals surface area (Å²) in [5.74, 6) is -1.07. The fourth-order valence-electron chi connectivity index (χ4n) is 3.97. The van der Waals surface area contributed by atoms with Crippen molar-refractivity contribution < 1.29 is 18.6 Å². The number of morpholine rings is 1. The molecular formula is C19H19F2N7O2. The lowest BCUT2D eigenvalue weighted by molar-refractivity contribution is -0.0251. The number of rotatable bonds is 5. The molecule has 11 heteroatoms. The van der Waals surface area contributed by atoms with Gasteiger partial charge in [-0.3, -0.25) is 4.90 Å². The number of aliphatic hydroxyl groups excluding tert-OH is 1. The molecule has 1 saturated heterocycles. The van der Waals surface area contributed by atoms with E-state index < -0.39 is 18.0 Å².